The fourth-order valence-corrected chi connectivity index (χ4v) is 1.21. The Morgan fingerprint density at radius 2 is 2.24 bits per heavy atom. The largest absolute Gasteiger partial charge is 0.377 e. The molecular weight excluding hydrogens is 240 g/mol. The molecule has 1 aromatic rings. The Balaban J connectivity index is 0.00000256. The van der Waals surface area contributed by atoms with E-state index in [9.17, 15) is 4.79 Å². The van der Waals surface area contributed by atoms with Crippen molar-refractivity contribution in [2.75, 3.05) is 11.9 Å². The topological polar surface area (TPSA) is 64.3 Å². The highest BCUT2D eigenvalue weighted by Crippen LogP contribution is 2.11. The molecule has 0 spiro atoms. The van der Waals surface area contributed by atoms with Gasteiger partial charge in [-0.3, -0.25) is 4.79 Å². The number of rotatable bonds is 5. The summed E-state index contributed by atoms with van der Waals surface area (Å²) in [5.74, 6) is -0.187. The molecule has 1 rings (SSSR count). The van der Waals surface area contributed by atoms with Crippen LogP contribution < -0.4 is 11.1 Å². The number of nitrogens with two attached hydrogens (primary N) is 1. The molecule has 0 saturated heterocycles. The van der Waals surface area contributed by atoms with Crippen molar-refractivity contribution in [1.29, 1.82) is 0 Å². The molecule has 0 aliphatic carbocycles. The van der Waals surface area contributed by atoms with Gasteiger partial charge in [0.25, 0.3) is 0 Å². The van der Waals surface area contributed by atoms with Gasteiger partial charge in [-0.2, -0.15) is 0 Å². The van der Waals surface area contributed by atoms with Crippen LogP contribution in [0.3, 0.4) is 0 Å². The van der Waals surface area contributed by atoms with Crippen LogP contribution >= 0.6 is 12.4 Å². The summed E-state index contributed by atoms with van der Waals surface area (Å²) in [5, 5.41) is 2.74. The first-order chi connectivity index (χ1) is 7.63. The quantitative estimate of drug-likeness (QED) is 0.848. The highest BCUT2D eigenvalue weighted by Gasteiger charge is 2.07. The second kappa shape index (κ2) is 8.06. The summed E-state index contributed by atoms with van der Waals surface area (Å²) >= 11 is 0. The smallest absolute Gasteiger partial charge is 0.240 e. The van der Waals surface area contributed by atoms with Crippen LogP contribution in [0.5, 0.6) is 0 Å². The minimum atomic E-state index is -0.504. The van der Waals surface area contributed by atoms with Crippen LogP contribution in [0.1, 0.15) is 19.4 Å². The van der Waals surface area contributed by atoms with Gasteiger partial charge < -0.3 is 15.8 Å². The van der Waals surface area contributed by atoms with Gasteiger partial charge in [0.05, 0.1) is 12.6 Å². The number of hydrogen-bond donors (Lipinski definition) is 2. The zero-order valence-electron chi connectivity index (χ0n) is 10.1. The fraction of sp³-hybridized carbons (Fsp3) is 0.417. The standard InChI is InChI=1S/C12H18N2O2.ClH/c1-3-16-8-10-5-4-6-11(7-10)14-12(15)9(2)13;/h4-7,9H,3,8,13H2,1-2H3,(H,14,15);1H/t9-;/m1./s1. The first-order valence-electron chi connectivity index (χ1n) is 5.36. The molecule has 1 atom stereocenters. The molecule has 0 aliphatic heterocycles. The number of hydrogen-bond acceptors (Lipinski definition) is 3. The van der Waals surface area contributed by atoms with Gasteiger partial charge in [-0.15, -0.1) is 12.4 Å². The Labute approximate surface area is 108 Å². The Morgan fingerprint density at radius 1 is 1.53 bits per heavy atom. The Morgan fingerprint density at radius 3 is 2.82 bits per heavy atom. The third-order valence-corrected chi connectivity index (χ3v) is 2.08. The molecule has 1 amide bonds. The van der Waals surface area contributed by atoms with Crippen LogP contribution in [0.4, 0.5) is 5.69 Å². The van der Waals surface area contributed by atoms with E-state index >= 15 is 0 Å². The van der Waals surface area contributed by atoms with E-state index in [4.69, 9.17) is 10.5 Å². The van der Waals surface area contributed by atoms with Crippen LogP contribution in [0.15, 0.2) is 24.3 Å². The summed E-state index contributed by atoms with van der Waals surface area (Å²) in [7, 11) is 0. The second-order valence-corrected chi connectivity index (χ2v) is 3.62. The molecule has 0 heterocycles. The number of halogens is 1. The average molecular weight is 259 g/mol. The van der Waals surface area contributed by atoms with E-state index in [-0.39, 0.29) is 18.3 Å². The normalized spacial score (nSPS) is 11.5. The molecule has 5 heteroatoms. The summed E-state index contributed by atoms with van der Waals surface area (Å²) < 4.78 is 5.29. The predicted molar refractivity (Wildman–Crippen MR) is 71.3 cm³/mol. The molecule has 0 aliphatic rings. The minimum absolute atomic E-state index is 0. The maximum absolute atomic E-state index is 11.4. The zero-order valence-corrected chi connectivity index (χ0v) is 10.9. The maximum atomic E-state index is 11.4. The molecule has 17 heavy (non-hydrogen) atoms. The van der Waals surface area contributed by atoms with Crippen LogP contribution in [0, 0.1) is 0 Å². The lowest BCUT2D eigenvalue weighted by Gasteiger charge is -2.09. The molecule has 4 nitrogen and oxygen atoms in total. The number of nitrogens with one attached hydrogen (secondary N) is 1. The van der Waals surface area contributed by atoms with Crippen molar-refractivity contribution in [3.05, 3.63) is 29.8 Å². The van der Waals surface area contributed by atoms with Crippen LogP contribution in [-0.2, 0) is 16.1 Å². The highest BCUT2D eigenvalue weighted by molar-refractivity contribution is 5.94. The van der Waals surface area contributed by atoms with Gasteiger partial charge >= 0.3 is 0 Å². The van der Waals surface area contributed by atoms with Crippen molar-refractivity contribution in [3.63, 3.8) is 0 Å². The summed E-state index contributed by atoms with van der Waals surface area (Å²) in [6, 6.07) is 7.05. The number of anilines is 1. The Kier molecular flexibility index (Phi) is 7.54. The number of carbonyl (C=O) groups excluding carboxylic acids is 1. The predicted octanol–water partition coefficient (Wildman–Crippen LogP) is 1.93. The molecular formula is C12H19ClN2O2. The average Bonchev–Trinajstić information content (AvgIpc) is 2.26. The number of carbonyl (C=O) groups is 1. The van der Waals surface area contributed by atoms with Crippen LogP contribution in [0.2, 0.25) is 0 Å². The van der Waals surface area contributed by atoms with Crippen LogP contribution in [0.25, 0.3) is 0 Å². The molecule has 0 bridgehead atoms. The molecule has 0 aromatic heterocycles. The second-order valence-electron chi connectivity index (χ2n) is 3.62. The first kappa shape index (κ1) is 15.9. The van der Waals surface area contributed by atoms with E-state index < -0.39 is 6.04 Å². The van der Waals surface area contributed by atoms with Gasteiger partial charge in [0, 0.05) is 12.3 Å². The van der Waals surface area contributed by atoms with Crippen molar-refractivity contribution in [1.82, 2.24) is 0 Å². The fourth-order valence-electron chi connectivity index (χ4n) is 1.21. The van der Waals surface area contributed by atoms with Crippen molar-refractivity contribution in [3.8, 4) is 0 Å². The first-order valence-corrected chi connectivity index (χ1v) is 5.36. The number of amides is 1. The molecule has 0 unspecified atom stereocenters. The lowest BCUT2D eigenvalue weighted by molar-refractivity contribution is -0.117. The third kappa shape index (κ3) is 5.68. The summed E-state index contributed by atoms with van der Waals surface area (Å²) in [4.78, 5) is 11.4. The molecule has 0 saturated carbocycles. The molecule has 0 radical (unpaired) electrons. The highest BCUT2D eigenvalue weighted by atomic mass is 35.5. The van der Waals surface area contributed by atoms with Gasteiger partial charge in [-0.05, 0) is 31.5 Å². The van der Waals surface area contributed by atoms with E-state index in [1.165, 1.54) is 0 Å². The van der Waals surface area contributed by atoms with Crippen molar-refractivity contribution < 1.29 is 9.53 Å². The lowest BCUT2D eigenvalue weighted by Crippen LogP contribution is -2.32. The number of ether oxygens (including phenoxy) is 1. The zero-order chi connectivity index (χ0) is 12.0. The summed E-state index contributed by atoms with van der Waals surface area (Å²) in [6.45, 7) is 4.83. The van der Waals surface area contributed by atoms with Crippen molar-refractivity contribution >= 4 is 24.0 Å². The Hall–Kier alpha value is -1.10. The van der Waals surface area contributed by atoms with Gasteiger partial charge in [-0.1, -0.05) is 12.1 Å². The van der Waals surface area contributed by atoms with E-state index in [1.807, 2.05) is 31.2 Å². The monoisotopic (exact) mass is 258 g/mol. The van der Waals surface area contributed by atoms with E-state index in [2.05, 4.69) is 5.32 Å². The lowest BCUT2D eigenvalue weighted by atomic mass is 10.2. The third-order valence-electron chi connectivity index (χ3n) is 2.08. The van der Waals surface area contributed by atoms with E-state index in [0.717, 1.165) is 11.3 Å². The number of benzene rings is 1. The summed E-state index contributed by atoms with van der Waals surface area (Å²) in [6.07, 6.45) is 0. The van der Waals surface area contributed by atoms with Gasteiger partial charge in [0.1, 0.15) is 0 Å². The van der Waals surface area contributed by atoms with Gasteiger partial charge in [-0.25, -0.2) is 0 Å². The van der Waals surface area contributed by atoms with Crippen molar-refractivity contribution in [2.24, 2.45) is 5.73 Å². The molecule has 96 valence electrons. The van der Waals surface area contributed by atoms with Gasteiger partial charge in [0.15, 0.2) is 0 Å². The minimum Gasteiger partial charge on any atom is -0.377 e. The van der Waals surface area contributed by atoms with E-state index in [0.29, 0.717) is 13.2 Å². The Bertz CT molecular complexity index is 356. The molecule has 1 aromatic carbocycles. The summed E-state index contributed by atoms with van der Waals surface area (Å²) in [5.41, 5.74) is 7.25. The molecule has 0 fully saturated rings. The van der Waals surface area contributed by atoms with Crippen LogP contribution in [-0.4, -0.2) is 18.6 Å². The molecule has 3 N–H and O–H groups in total. The van der Waals surface area contributed by atoms with E-state index in [1.54, 1.807) is 6.92 Å². The van der Waals surface area contributed by atoms with Crippen molar-refractivity contribution in [2.45, 2.75) is 26.5 Å². The maximum Gasteiger partial charge on any atom is 0.240 e. The SMILES string of the molecule is CCOCc1cccc(NC(=O)[C@@H](C)N)c1.Cl. The van der Waals surface area contributed by atoms with Gasteiger partial charge in [0.2, 0.25) is 5.91 Å².